The van der Waals surface area contributed by atoms with Crippen LogP contribution in [-0.4, -0.2) is 12.9 Å². The van der Waals surface area contributed by atoms with Crippen LogP contribution >= 0.6 is 15.9 Å². The number of ether oxygens (including phenoxy) is 1. The number of carbonyl (C=O) groups is 1. The first-order chi connectivity index (χ1) is 9.45. The van der Waals surface area contributed by atoms with Crippen molar-refractivity contribution in [1.82, 2.24) is 0 Å². The molecule has 0 aliphatic carbocycles. The van der Waals surface area contributed by atoms with Crippen LogP contribution in [0.15, 0.2) is 34.8 Å². The molecule has 0 N–H and O–H groups in total. The van der Waals surface area contributed by atoms with Gasteiger partial charge in [0.25, 0.3) is 0 Å². The van der Waals surface area contributed by atoms with Crippen molar-refractivity contribution < 1.29 is 13.9 Å². The number of hydrogen-bond acceptors (Lipinski definition) is 2. The summed E-state index contributed by atoms with van der Waals surface area (Å²) in [7, 11) is 1.51. The van der Waals surface area contributed by atoms with Gasteiger partial charge in [0, 0.05) is 4.47 Å². The first-order valence-corrected chi connectivity index (χ1v) is 6.89. The van der Waals surface area contributed by atoms with Crippen LogP contribution in [0, 0.1) is 19.7 Å². The third-order valence-corrected chi connectivity index (χ3v) is 3.79. The molecule has 0 aliphatic heterocycles. The maximum absolute atomic E-state index is 13.8. The van der Waals surface area contributed by atoms with Crippen LogP contribution < -0.4 is 4.74 Å². The molecule has 0 unspecified atom stereocenters. The molecule has 0 spiro atoms. The van der Waals surface area contributed by atoms with E-state index in [1.165, 1.54) is 19.2 Å². The van der Waals surface area contributed by atoms with E-state index in [1.54, 1.807) is 12.1 Å². The first kappa shape index (κ1) is 14.7. The Balaban J connectivity index is 2.59. The molecule has 2 aromatic rings. The Morgan fingerprint density at radius 2 is 1.85 bits per heavy atom. The Kier molecular flexibility index (Phi) is 4.23. The van der Waals surface area contributed by atoms with E-state index in [4.69, 9.17) is 4.74 Å². The van der Waals surface area contributed by atoms with E-state index < -0.39 is 5.82 Å². The predicted molar refractivity (Wildman–Crippen MR) is 80.0 cm³/mol. The first-order valence-electron chi connectivity index (χ1n) is 6.09. The van der Waals surface area contributed by atoms with Crippen molar-refractivity contribution in [3.05, 3.63) is 62.9 Å². The molecule has 4 heteroatoms. The van der Waals surface area contributed by atoms with Crippen molar-refractivity contribution in [3.63, 3.8) is 0 Å². The quantitative estimate of drug-likeness (QED) is 0.774. The minimum atomic E-state index is -0.543. The zero-order chi connectivity index (χ0) is 14.9. The number of halogens is 2. The molecule has 0 bridgehead atoms. The van der Waals surface area contributed by atoms with E-state index in [0.29, 0.717) is 15.8 Å². The highest BCUT2D eigenvalue weighted by atomic mass is 79.9. The average molecular weight is 337 g/mol. The summed E-state index contributed by atoms with van der Waals surface area (Å²) in [6, 6.07) is 7.81. The lowest BCUT2D eigenvalue weighted by Crippen LogP contribution is -2.08. The zero-order valence-corrected chi connectivity index (χ0v) is 13.0. The summed E-state index contributed by atoms with van der Waals surface area (Å²) in [6.07, 6.45) is 0. The van der Waals surface area contributed by atoms with E-state index in [-0.39, 0.29) is 11.3 Å². The lowest BCUT2D eigenvalue weighted by Gasteiger charge is -2.13. The van der Waals surface area contributed by atoms with Gasteiger partial charge in [0.15, 0.2) is 5.78 Å². The second-order valence-electron chi connectivity index (χ2n) is 4.54. The SMILES string of the molecule is COc1c(C(=O)c2cc(Br)ccc2F)ccc(C)c1C. The minimum Gasteiger partial charge on any atom is -0.496 e. The highest BCUT2D eigenvalue weighted by molar-refractivity contribution is 9.10. The number of carbonyl (C=O) groups excluding carboxylic acids is 1. The number of hydrogen-bond donors (Lipinski definition) is 0. The number of benzene rings is 2. The molecule has 0 saturated carbocycles. The second kappa shape index (κ2) is 5.75. The summed E-state index contributed by atoms with van der Waals surface area (Å²) >= 11 is 3.25. The Hall–Kier alpha value is -1.68. The Morgan fingerprint density at radius 1 is 1.15 bits per heavy atom. The number of methoxy groups -OCH3 is 1. The predicted octanol–water partition coefficient (Wildman–Crippen LogP) is 4.44. The fourth-order valence-corrected chi connectivity index (χ4v) is 2.41. The molecule has 2 aromatic carbocycles. The van der Waals surface area contributed by atoms with Gasteiger partial charge in [-0.25, -0.2) is 4.39 Å². The molecule has 2 nitrogen and oxygen atoms in total. The van der Waals surface area contributed by atoms with Gasteiger partial charge in [-0.1, -0.05) is 22.0 Å². The van der Waals surface area contributed by atoms with Crippen LogP contribution in [0.4, 0.5) is 4.39 Å². The highest BCUT2D eigenvalue weighted by Crippen LogP contribution is 2.29. The molecular formula is C16H14BrFO2. The van der Waals surface area contributed by atoms with Gasteiger partial charge in [-0.05, 0) is 49.2 Å². The van der Waals surface area contributed by atoms with E-state index in [0.717, 1.165) is 11.1 Å². The topological polar surface area (TPSA) is 26.3 Å². The van der Waals surface area contributed by atoms with Gasteiger partial charge >= 0.3 is 0 Å². The molecule has 104 valence electrons. The van der Waals surface area contributed by atoms with Crippen molar-refractivity contribution in [2.75, 3.05) is 7.11 Å². The van der Waals surface area contributed by atoms with E-state index in [1.807, 2.05) is 19.9 Å². The van der Waals surface area contributed by atoms with Crippen LogP contribution in [0.5, 0.6) is 5.75 Å². The van der Waals surface area contributed by atoms with Gasteiger partial charge in [-0.2, -0.15) is 0 Å². The largest absolute Gasteiger partial charge is 0.496 e. The van der Waals surface area contributed by atoms with Crippen molar-refractivity contribution >= 4 is 21.7 Å². The summed E-state index contributed by atoms with van der Waals surface area (Å²) in [4.78, 5) is 12.5. The van der Waals surface area contributed by atoms with Gasteiger partial charge < -0.3 is 4.74 Å². The number of ketones is 1. The monoisotopic (exact) mass is 336 g/mol. The maximum Gasteiger partial charge on any atom is 0.199 e. The molecule has 2 rings (SSSR count). The molecule has 20 heavy (non-hydrogen) atoms. The van der Waals surface area contributed by atoms with Gasteiger partial charge in [0.2, 0.25) is 0 Å². The summed E-state index contributed by atoms with van der Waals surface area (Å²) in [5.74, 6) is -0.434. The molecule has 0 saturated heterocycles. The second-order valence-corrected chi connectivity index (χ2v) is 5.46. The molecule has 0 radical (unpaired) electrons. The van der Waals surface area contributed by atoms with Crippen molar-refractivity contribution in [2.45, 2.75) is 13.8 Å². The normalized spacial score (nSPS) is 10.4. The molecule has 0 aliphatic rings. The van der Waals surface area contributed by atoms with Crippen LogP contribution in [0.25, 0.3) is 0 Å². The van der Waals surface area contributed by atoms with Crippen LogP contribution in [0.1, 0.15) is 27.0 Å². The zero-order valence-electron chi connectivity index (χ0n) is 11.5. The van der Waals surface area contributed by atoms with Crippen molar-refractivity contribution in [3.8, 4) is 5.75 Å². The van der Waals surface area contributed by atoms with Gasteiger partial charge in [0.05, 0.1) is 18.2 Å². The van der Waals surface area contributed by atoms with Crippen LogP contribution in [0.2, 0.25) is 0 Å². The lowest BCUT2D eigenvalue weighted by atomic mass is 9.97. The maximum atomic E-state index is 13.8. The fourth-order valence-electron chi connectivity index (χ4n) is 2.05. The fraction of sp³-hybridized carbons (Fsp3) is 0.188. The summed E-state index contributed by atoms with van der Waals surface area (Å²) in [6.45, 7) is 3.81. The number of aryl methyl sites for hydroxylation is 1. The average Bonchev–Trinajstić information content (AvgIpc) is 2.43. The molecule has 0 atom stereocenters. The number of rotatable bonds is 3. The third kappa shape index (κ3) is 2.61. The standard InChI is InChI=1S/C16H14BrFO2/c1-9-4-6-12(16(20-3)10(9)2)15(19)13-8-11(17)5-7-14(13)18/h4-8H,1-3H3. The molecular weight excluding hydrogens is 323 g/mol. The third-order valence-electron chi connectivity index (χ3n) is 3.30. The van der Waals surface area contributed by atoms with Crippen LogP contribution in [0.3, 0.4) is 0 Å². The minimum absolute atomic E-state index is 0.0286. The summed E-state index contributed by atoms with van der Waals surface area (Å²) in [5, 5.41) is 0. The molecule has 0 fully saturated rings. The van der Waals surface area contributed by atoms with E-state index in [9.17, 15) is 9.18 Å². The van der Waals surface area contributed by atoms with Gasteiger partial charge in [0.1, 0.15) is 11.6 Å². The Morgan fingerprint density at radius 3 is 2.50 bits per heavy atom. The van der Waals surface area contributed by atoms with Gasteiger partial charge in [-0.15, -0.1) is 0 Å². The van der Waals surface area contributed by atoms with Crippen molar-refractivity contribution in [1.29, 1.82) is 0 Å². The molecule has 0 aromatic heterocycles. The Bertz CT molecular complexity index is 680. The smallest absolute Gasteiger partial charge is 0.199 e. The summed E-state index contributed by atoms with van der Waals surface area (Å²) in [5.41, 5.74) is 2.30. The Labute approximate surface area is 125 Å². The van der Waals surface area contributed by atoms with Crippen LogP contribution in [-0.2, 0) is 0 Å². The molecule has 0 amide bonds. The van der Waals surface area contributed by atoms with E-state index in [2.05, 4.69) is 15.9 Å². The van der Waals surface area contributed by atoms with Gasteiger partial charge in [-0.3, -0.25) is 4.79 Å². The highest BCUT2D eigenvalue weighted by Gasteiger charge is 2.20. The van der Waals surface area contributed by atoms with Crippen molar-refractivity contribution in [2.24, 2.45) is 0 Å². The van der Waals surface area contributed by atoms with E-state index >= 15 is 0 Å². The lowest BCUT2D eigenvalue weighted by molar-refractivity contribution is 0.103. The molecule has 0 heterocycles. The summed E-state index contributed by atoms with van der Waals surface area (Å²) < 4.78 is 19.8.